The second-order valence-corrected chi connectivity index (χ2v) is 6.10. The molecule has 3 saturated heterocycles. The normalized spacial score (nSPS) is 40.2. The van der Waals surface area contributed by atoms with E-state index in [2.05, 4.69) is 0 Å². The third kappa shape index (κ3) is 2.14. The van der Waals surface area contributed by atoms with Crippen molar-refractivity contribution >= 4 is 12.0 Å². The number of aliphatic carboxylic acids is 1. The smallest absolute Gasteiger partial charge is 0.326 e. The van der Waals surface area contributed by atoms with E-state index in [4.69, 9.17) is 0 Å². The number of nitrogens with zero attached hydrogens (tertiary/aromatic N) is 2. The number of β-amino-alcohol motifs (C(OH)–C–C–N with tert-alkyl or cyclic N) is 1. The Morgan fingerprint density at radius 1 is 0.950 bits per heavy atom. The van der Waals surface area contributed by atoms with Gasteiger partial charge in [0, 0.05) is 25.0 Å². The molecule has 112 valence electrons. The molecule has 3 aliphatic heterocycles. The van der Waals surface area contributed by atoms with E-state index in [0.717, 1.165) is 12.8 Å². The number of rotatable bonds is 1. The third-order valence-electron chi connectivity index (χ3n) is 4.74. The maximum Gasteiger partial charge on any atom is 0.326 e. The predicted octanol–water partition coefficient (Wildman–Crippen LogP) is -0.386. The number of amides is 2. The van der Waals surface area contributed by atoms with Gasteiger partial charge in [-0.05, 0) is 25.7 Å². The maximum atomic E-state index is 12.6. The van der Waals surface area contributed by atoms with E-state index in [1.165, 1.54) is 4.90 Å². The first kappa shape index (κ1) is 13.6. The summed E-state index contributed by atoms with van der Waals surface area (Å²) in [5.74, 6) is -1.07. The molecule has 3 rings (SSSR count). The molecule has 0 spiro atoms. The first-order chi connectivity index (χ1) is 9.47. The molecule has 3 aliphatic rings. The van der Waals surface area contributed by atoms with Gasteiger partial charge in [-0.25, -0.2) is 9.59 Å². The summed E-state index contributed by atoms with van der Waals surface area (Å²) >= 11 is 0. The predicted molar refractivity (Wildman–Crippen MR) is 68.0 cm³/mol. The van der Waals surface area contributed by atoms with Gasteiger partial charge in [-0.15, -0.1) is 0 Å². The van der Waals surface area contributed by atoms with Gasteiger partial charge >= 0.3 is 12.0 Å². The number of fused-ring (bicyclic) bond motifs is 2. The Hall–Kier alpha value is -1.34. The molecule has 2 amide bonds. The van der Waals surface area contributed by atoms with Crippen LogP contribution in [0.3, 0.4) is 0 Å². The van der Waals surface area contributed by atoms with Crippen molar-refractivity contribution in [3.63, 3.8) is 0 Å². The van der Waals surface area contributed by atoms with Crippen molar-refractivity contribution in [2.24, 2.45) is 0 Å². The number of carbonyl (C=O) groups excluding carboxylic acids is 1. The number of carbonyl (C=O) groups is 2. The lowest BCUT2D eigenvalue weighted by molar-refractivity contribution is -0.141. The highest BCUT2D eigenvalue weighted by molar-refractivity contribution is 5.84. The Labute approximate surface area is 116 Å². The summed E-state index contributed by atoms with van der Waals surface area (Å²) in [6.07, 6.45) is 1.81. The van der Waals surface area contributed by atoms with Crippen LogP contribution in [0.1, 0.15) is 32.1 Å². The Kier molecular flexibility index (Phi) is 3.33. The summed E-state index contributed by atoms with van der Waals surface area (Å²) in [7, 11) is 0. The molecule has 3 heterocycles. The van der Waals surface area contributed by atoms with Gasteiger partial charge in [0.15, 0.2) is 0 Å². The molecule has 7 nitrogen and oxygen atoms in total. The monoisotopic (exact) mass is 284 g/mol. The molecular weight excluding hydrogens is 264 g/mol. The molecule has 0 aliphatic carbocycles. The number of aliphatic hydroxyl groups is 2. The summed E-state index contributed by atoms with van der Waals surface area (Å²) in [4.78, 5) is 26.8. The van der Waals surface area contributed by atoms with Crippen LogP contribution in [0.4, 0.5) is 4.79 Å². The SMILES string of the molecule is O=C(O)C1CC(O)CN1C(=O)N1C2CCC1CC(O)C2. The summed E-state index contributed by atoms with van der Waals surface area (Å²) in [6.45, 7) is 0.0777. The van der Waals surface area contributed by atoms with Crippen LogP contribution >= 0.6 is 0 Å². The second-order valence-electron chi connectivity index (χ2n) is 6.10. The number of hydrogen-bond donors (Lipinski definition) is 3. The third-order valence-corrected chi connectivity index (χ3v) is 4.74. The van der Waals surface area contributed by atoms with Crippen LogP contribution in [0.15, 0.2) is 0 Å². The Morgan fingerprint density at radius 3 is 2.10 bits per heavy atom. The molecule has 0 aromatic heterocycles. The van der Waals surface area contributed by atoms with Crippen LogP contribution in [0.25, 0.3) is 0 Å². The van der Waals surface area contributed by atoms with Crippen molar-refractivity contribution in [3.05, 3.63) is 0 Å². The highest BCUT2D eigenvalue weighted by Crippen LogP contribution is 2.37. The Bertz CT molecular complexity index is 415. The molecule has 0 saturated carbocycles. The number of carboxylic acid groups (broad SMARTS) is 1. The lowest BCUT2D eigenvalue weighted by Gasteiger charge is -2.40. The van der Waals surface area contributed by atoms with E-state index in [0.29, 0.717) is 12.8 Å². The van der Waals surface area contributed by atoms with Crippen LogP contribution in [-0.2, 0) is 4.79 Å². The lowest BCUT2D eigenvalue weighted by atomic mass is 10.0. The molecule has 0 aromatic rings. The Morgan fingerprint density at radius 2 is 1.55 bits per heavy atom. The van der Waals surface area contributed by atoms with Crippen LogP contribution < -0.4 is 0 Å². The molecule has 2 bridgehead atoms. The molecule has 0 aromatic carbocycles. The minimum atomic E-state index is -1.07. The van der Waals surface area contributed by atoms with Gasteiger partial charge in [0.05, 0.1) is 12.2 Å². The van der Waals surface area contributed by atoms with Crippen molar-refractivity contribution in [1.29, 1.82) is 0 Å². The average Bonchev–Trinajstić information content (AvgIpc) is 2.88. The second kappa shape index (κ2) is 4.89. The minimum absolute atomic E-state index is 0.00318. The summed E-state index contributed by atoms with van der Waals surface area (Å²) in [5.41, 5.74) is 0. The van der Waals surface area contributed by atoms with Gasteiger partial charge in [-0.2, -0.15) is 0 Å². The molecule has 0 radical (unpaired) electrons. The van der Waals surface area contributed by atoms with Gasteiger partial charge in [0.25, 0.3) is 0 Å². The molecule has 20 heavy (non-hydrogen) atoms. The fourth-order valence-electron chi connectivity index (χ4n) is 3.87. The van der Waals surface area contributed by atoms with Gasteiger partial charge in [0.2, 0.25) is 0 Å². The average molecular weight is 284 g/mol. The number of urea groups is 1. The van der Waals surface area contributed by atoms with Gasteiger partial charge in [-0.3, -0.25) is 0 Å². The highest BCUT2D eigenvalue weighted by atomic mass is 16.4. The minimum Gasteiger partial charge on any atom is -0.480 e. The number of piperidine rings is 1. The zero-order valence-corrected chi connectivity index (χ0v) is 11.2. The molecular formula is C13H20N2O5. The van der Waals surface area contributed by atoms with E-state index in [1.807, 2.05) is 0 Å². The Balaban J connectivity index is 1.77. The van der Waals surface area contributed by atoms with Crippen molar-refractivity contribution in [3.8, 4) is 0 Å². The van der Waals surface area contributed by atoms with Gasteiger partial charge < -0.3 is 25.1 Å². The number of likely N-dealkylation sites (tertiary alicyclic amines) is 1. The largest absolute Gasteiger partial charge is 0.480 e. The van der Waals surface area contributed by atoms with Crippen LogP contribution in [0.5, 0.6) is 0 Å². The number of hydrogen-bond acceptors (Lipinski definition) is 4. The van der Waals surface area contributed by atoms with E-state index in [-0.39, 0.29) is 37.2 Å². The molecule has 3 fully saturated rings. The van der Waals surface area contributed by atoms with Gasteiger partial charge in [0.1, 0.15) is 6.04 Å². The number of aliphatic hydroxyl groups excluding tert-OH is 2. The quantitative estimate of drug-likeness (QED) is 0.609. The summed E-state index contributed by atoms with van der Waals surface area (Å²) < 4.78 is 0. The van der Waals surface area contributed by atoms with Gasteiger partial charge in [-0.1, -0.05) is 0 Å². The zero-order chi connectivity index (χ0) is 14.4. The molecule has 4 unspecified atom stereocenters. The van der Waals surface area contributed by atoms with Crippen molar-refractivity contribution < 1.29 is 24.9 Å². The standard InChI is InChI=1S/C13H20N2O5/c16-9-3-7-1-2-8(4-9)15(7)13(20)14-6-10(17)5-11(14)12(18)19/h7-11,16-17H,1-6H2,(H,18,19). The molecule has 3 N–H and O–H groups in total. The van der Waals surface area contributed by atoms with Crippen molar-refractivity contribution in [1.82, 2.24) is 9.80 Å². The van der Waals surface area contributed by atoms with E-state index >= 15 is 0 Å². The van der Waals surface area contributed by atoms with E-state index < -0.39 is 18.1 Å². The first-order valence-corrected chi connectivity index (χ1v) is 7.15. The van der Waals surface area contributed by atoms with Crippen LogP contribution in [-0.4, -0.2) is 74.0 Å². The summed E-state index contributed by atoms with van der Waals surface area (Å²) in [5, 5.41) is 28.6. The topological polar surface area (TPSA) is 101 Å². The van der Waals surface area contributed by atoms with Crippen LogP contribution in [0.2, 0.25) is 0 Å². The number of carboxylic acids is 1. The zero-order valence-electron chi connectivity index (χ0n) is 11.2. The van der Waals surface area contributed by atoms with E-state index in [9.17, 15) is 24.9 Å². The molecule has 4 atom stereocenters. The fraction of sp³-hybridized carbons (Fsp3) is 0.846. The van der Waals surface area contributed by atoms with Crippen LogP contribution in [0, 0.1) is 0 Å². The van der Waals surface area contributed by atoms with E-state index in [1.54, 1.807) is 4.90 Å². The highest BCUT2D eigenvalue weighted by Gasteiger charge is 2.48. The maximum absolute atomic E-state index is 12.6. The molecule has 7 heteroatoms. The first-order valence-electron chi connectivity index (χ1n) is 7.15. The summed E-state index contributed by atoms with van der Waals surface area (Å²) in [6, 6.07) is -1.23. The lowest BCUT2D eigenvalue weighted by Crippen LogP contribution is -2.55. The van der Waals surface area contributed by atoms with Crippen molar-refractivity contribution in [2.75, 3.05) is 6.54 Å². The van der Waals surface area contributed by atoms with Crippen molar-refractivity contribution in [2.45, 2.75) is 62.4 Å². The fourth-order valence-corrected chi connectivity index (χ4v) is 3.87.